The van der Waals surface area contributed by atoms with E-state index in [1.165, 1.54) is 21.9 Å². The Hall–Kier alpha value is -1.84. The summed E-state index contributed by atoms with van der Waals surface area (Å²) in [6.45, 7) is 2.11. The number of nitrogens with two attached hydrogens (primary N) is 1. The van der Waals surface area contributed by atoms with Crippen LogP contribution in [0.3, 0.4) is 0 Å². The number of benzene rings is 2. The first kappa shape index (κ1) is 13.2. The Morgan fingerprint density at radius 1 is 1.05 bits per heavy atom. The minimum Gasteiger partial charge on any atom is -0.497 e. The van der Waals surface area contributed by atoms with Crippen LogP contribution in [-0.4, -0.2) is 7.11 Å². The Labute approximate surface area is 122 Å². The van der Waals surface area contributed by atoms with Crippen LogP contribution in [0.2, 0.25) is 0 Å². The van der Waals surface area contributed by atoms with Crippen molar-refractivity contribution in [2.45, 2.75) is 13.0 Å². The fraction of sp³-hybridized carbons (Fsp3) is 0.176. The summed E-state index contributed by atoms with van der Waals surface area (Å²) in [5.41, 5.74) is 10.0. The summed E-state index contributed by atoms with van der Waals surface area (Å²) in [5, 5.41) is 6.63. The summed E-state index contributed by atoms with van der Waals surface area (Å²) in [5.74, 6) is 0.878. The quantitative estimate of drug-likeness (QED) is 0.779. The highest BCUT2D eigenvalue weighted by molar-refractivity contribution is 7.08. The number of rotatable bonds is 3. The number of fused-ring (bicyclic) bond motifs is 1. The lowest BCUT2D eigenvalue weighted by Crippen LogP contribution is -2.11. The standard InChI is InChI=1S/C17H17NOS/c1-11-9-20-10-16(11)17(18)14-4-3-13-8-15(19-2)6-5-12(13)7-14/h3-10,17H,18H2,1-2H3. The molecule has 0 aliphatic rings. The normalized spacial score (nSPS) is 12.6. The zero-order chi connectivity index (χ0) is 14.1. The van der Waals surface area contributed by atoms with Crippen molar-refractivity contribution in [3.05, 3.63) is 63.8 Å². The first-order chi connectivity index (χ1) is 9.69. The van der Waals surface area contributed by atoms with Gasteiger partial charge in [0.25, 0.3) is 0 Å². The van der Waals surface area contributed by atoms with Gasteiger partial charge in [-0.1, -0.05) is 18.2 Å². The van der Waals surface area contributed by atoms with Gasteiger partial charge in [-0.3, -0.25) is 0 Å². The predicted molar refractivity (Wildman–Crippen MR) is 85.6 cm³/mol. The van der Waals surface area contributed by atoms with E-state index >= 15 is 0 Å². The van der Waals surface area contributed by atoms with Gasteiger partial charge in [0.1, 0.15) is 5.75 Å². The zero-order valence-electron chi connectivity index (χ0n) is 11.6. The summed E-state index contributed by atoms with van der Waals surface area (Å²) < 4.78 is 5.25. The number of thiophene rings is 1. The minimum atomic E-state index is -0.0623. The highest BCUT2D eigenvalue weighted by atomic mass is 32.1. The molecule has 0 fully saturated rings. The molecule has 3 rings (SSSR count). The monoisotopic (exact) mass is 283 g/mol. The van der Waals surface area contributed by atoms with Crippen LogP contribution in [0.1, 0.15) is 22.7 Å². The van der Waals surface area contributed by atoms with E-state index < -0.39 is 0 Å². The maximum absolute atomic E-state index is 6.39. The number of hydrogen-bond donors (Lipinski definition) is 1. The van der Waals surface area contributed by atoms with Crippen molar-refractivity contribution in [1.29, 1.82) is 0 Å². The van der Waals surface area contributed by atoms with Gasteiger partial charge in [0, 0.05) is 0 Å². The molecule has 0 aliphatic heterocycles. The molecule has 0 saturated carbocycles. The van der Waals surface area contributed by atoms with Crippen LogP contribution in [0, 0.1) is 6.92 Å². The molecular formula is C17H17NOS. The van der Waals surface area contributed by atoms with Gasteiger partial charge in [0.05, 0.1) is 13.2 Å². The van der Waals surface area contributed by atoms with E-state index in [0.29, 0.717) is 0 Å². The maximum atomic E-state index is 6.39. The first-order valence-electron chi connectivity index (χ1n) is 6.55. The van der Waals surface area contributed by atoms with Crippen molar-refractivity contribution in [3.8, 4) is 5.75 Å². The van der Waals surface area contributed by atoms with Gasteiger partial charge in [-0.25, -0.2) is 0 Å². The Bertz CT molecular complexity index is 748. The fourth-order valence-corrected chi connectivity index (χ4v) is 3.32. The molecule has 0 spiro atoms. The fourth-order valence-electron chi connectivity index (χ4n) is 2.43. The molecule has 2 N–H and O–H groups in total. The van der Waals surface area contributed by atoms with E-state index in [-0.39, 0.29) is 6.04 Å². The Kier molecular flexibility index (Phi) is 3.47. The molecule has 2 aromatic carbocycles. The second-order valence-electron chi connectivity index (χ2n) is 4.96. The van der Waals surface area contributed by atoms with Crippen LogP contribution in [0.4, 0.5) is 0 Å². The lowest BCUT2D eigenvalue weighted by Gasteiger charge is -2.13. The Morgan fingerprint density at radius 3 is 2.50 bits per heavy atom. The van der Waals surface area contributed by atoms with E-state index in [0.717, 1.165) is 11.3 Å². The minimum absolute atomic E-state index is 0.0623. The van der Waals surface area contributed by atoms with Crippen molar-refractivity contribution in [1.82, 2.24) is 0 Å². The van der Waals surface area contributed by atoms with Crippen LogP contribution < -0.4 is 10.5 Å². The third kappa shape index (κ3) is 2.30. The highest BCUT2D eigenvalue weighted by Crippen LogP contribution is 2.29. The highest BCUT2D eigenvalue weighted by Gasteiger charge is 2.12. The van der Waals surface area contributed by atoms with E-state index in [2.05, 4.69) is 41.9 Å². The van der Waals surface area contributed by atoms with E-state index in [4.69, 9.17) is 10.5 Å². The van der Waals surface area contributed by atoms with Gasteiger partial charge >= 0.3 is 0 Å². The number of aryl methyl sites for hydroxylation is 1. The second kappa shape index (κ2) is 5.27. The third-order valence-corrected chi connectivity index (χ3v) is 4.54. The van der Waals surface area contributed by atoms with Crippen LogP contribution >= 0.6 is 11.3 Å². The molecule has 1 aromatic heterocycles. The summed E-state index contributed by atoms with van der Waals surface area (Å²) >= 11 is 1.70. The maximum Gasteiger partial charge on any atom is 0.119 e. The molecule has 3 heteroatoms. The van der Waals surface area contributed by atoms with E-state index in [1.54, 1.807) is 18.4 Å². The number of ether oxygens (including phenoxy) is 1. The number of methoxy groups -OCH3 is 1. The summed E-state index contributed by atoms with van der Waals surface area (Å²) in [6.07, 6.45) is 0. The largest absolute Gasteiger partial charge is 0.497 e. The van der Waals surface area contributed by atoms with Crippen LogP contribution in [0.25, 0.3) is 10.8 Å². The lowest BCUT2D eigenvalue weighted by molar-refractivity contribution is 0.415. The van der Waals surface area contributed by atoms with E-state index in [9.17, 15) is 0 Å². The third-order valence-electron chi connectivity index (χ3n) is 3.66. The predicted octanol–water partition coefficient (Wildman–Crippen LogP) is 4.27. The van der Waals surface area contributed by atoms with Gasteiger partial charge in [0.15, 0.2) is 0 Å². The topological polar surface area (TPSA) is 35.2 Å². The second-order valence-corrected chi connectivity index (χ2v) is 5.70. The Morgan fingerprint density at radius 2 is 1.80 bits per heavy atom. The summed E-state index contributed by atoms with van der Waals surface area (Å²) in [4.78, 5) is 0. The van der Waals surface area contributed by atoms with Gasteiger partial charge in [-0.05, 0) is 63.3 Å². The van der Waals surface area contributed by atoms with Crippen molar-refractivity contribution in [2.24, 2.45) is 5.73 Å². The molecule has 2 nitrogen and oxygen atoms in total. The number of hydrogen-bond acceptors (Lipinski definition) is 3. The lowest BCUT2D eigenvalue weighted by atomic mass is 9.97. The molecular weight excluding hydrogens is 266 g/mol. The molecule has 0 aliphatic carbocycles. The Balaban J connectivity index is 2.03. The summed E-state index contributed by atoms with van der Waals surface area (Å²) in [7, 11) is 1.69. The molecule has 1 atom stereocenters. The van der Waals surface area contributed by atoms with Gasteiger partial charge in [0.2, 0.25) is 0 Å². The van der Waals surface area contributed by atoms with Crippen molar-refractivity contribution < 1.29 is 4.74 Å². The molecule has 20 heavy (non-hydrogen) atoms. The SMILES string of the molecule is COc1ccc2cc(C(N)c3cscc3C)ccc2c1. The molecule has 1 unspecified atom stereocenters. The van der Waals surface area contributed by atoms with Crippen LogP contribution in [0.5, 0.6) is 5.75 Å². The molecule has 3 aromatic rings. The van der Waals surface area contributed by atoms with Gasteiger partial charge in [-0.2, -0.15) is 11.3 Å². The smallest absolute Gasteiger partial charge is 0.119 e. The molecule has 0 amide bonds. The molecule has 1 heterocycles. The summed E-state index contributed by atoms with van der Waals surface area (Å²) in [6, 6.07) is 12.4. The van der Waals surface area contributed by atoms with Crippen LogP contribution in [0.15, 0.2) is 47.2 Å². The van der Waals surface area contributed by atoms with Crippen molar-refractivity contribution >= 4 is 22.1 Å². The molecule has 0 bridgehead atoms. The van der Waals surface area contributed by atoms with Crippen LogP contribution in [-0.2, 0) is 0 Å². The van der Waals surface area contributed by atoms with Gasteiger partial charge in [-0.15, -0.1) is 0 Å². The zero-order valence-corrected chi connectivity index (χ0v) is 12.4. The molecule has 102 valence electrons. The first-order valence-corrected chi connectivity index (χ1v) is 7.49. The average Bonchev–Trinajstić information content (AvgIpc) is 2.91. The van der Waals surface area contributed by atoms with Gasteiger partial charge < -0.3 is 10.5 Å². The average molecular weight is 283 g/mol. The van der Waals surface area contributed by atoms with E-state index in [1.807, 2.05) is 12.1 Å². The molecule has 0 saturated heterocycles. The van der Waals surface area contributed by atoms with Crippen molar-refractivity contribution in [3.63, 3.8) is 0 Å². The molecule has 0 radical (unpaired) electrons. The van der Waals surface area contributed by atoms with Crippen molar-refractivity contribution in [2.75, 3.05) is 7.11 Å².